The third-order valence-electron chi connectivity index (χ3n) is 4.65. The number of phenolic OH excluding ortho intramolecular Hbond substituents is 1. The van der Waals surface area contributed by atoms with Crippen molar-refractivity contribution in [1.29, 1.82) is 5.26 Å². The highest BCUT2D eigenvalue weighted by atomic mass is 32.1. The van der Waals surface area contributed by atoms with E-state index in [4.69, 9.17) is 0 Å². The van der Waals surface area contributed by atoms with Crippen LogP contribution in [-0.4, -0.2) is 22.7 Å². The quantitative estimate of drug-likeness (QED) is 0.405. The van der Waals surface area contributed by atoms with Gasteiger partial charge in [0.25, 0.3) is 5.91 Å². The molecule has 150 valence electrons. The number of thiophene rings is 1. The Bertz CT molecular complexity index is 1310. The Morgan fingerprint density at radius 3 is 2.52 bits per heavy atom. The number of phenols is 1. The molecule has 2 N–H and O–H groups in total. The number of carbonyl (C=O) groups excluding carboxylic acids is 1. The lowest BCUT2D eigenvalue weighted by molar-refractivity contribution is 0.103. The highest BCUT2D eigenvalue weighted by Gasteiger charge is 2.19. The van der Waals surface area contributed by atoms with Crippen LogP contribution in [0.4, 0.5) is 11.5 Å². The van der Waals surface area contributed by atoms with Crippen LogP contribution in [0.1, 0.15) is 15.2 Å². The molecule has 2 aromatic heterocycles. The van der Waals surface area contributed by atoms with E-state index in [1.54, 1.807) is 60.0 Å². The number of carbonyl (C=O) groups is 1. The summed E-state index contributed by atoms with van der Waals surface area (Å²) in [5.74, 6) is -0.180. The lowest BCUT2D eigenvalue weighted by atomic mass is 9.98. The van der Waals surface area contributed by atoms with Gasteiger partial charge in [-0.1, -0.05) is 30.3 Å². The van der Waals surface area contributed by atoms with E-state index in [0.29, 0.717) is 27.4 Å². The van der Waals surface area contributed by atoms with Crippen molar-refractivity contribution in [3.63, 3.8) is 0 Å². The smallest absolute Gasteiger partial charge is 0.266 e. The fraction of sp³-hybridized carbons (Fsp3) is 0. The van der Waals surface area contributed by atoms with Crippen molar-refractivity contribution in [3.8, 4) is 34.2 Å². The molecule has 0 spiro atoms. The number of rotatable bonds is 5. The van der Waals surface area contributed by atoms with E-state index >= 15 is 0 Å². The van der Waals surface area contributed by atoms with Gasteiger partial charge < -0.3 is 10.4 Å². The van der Waals surface area contributed by atoms with Crippen LogP contribution in [0.5, 0.6) is 5.75 Å². The molecule has 0 fully saturated rings. The number of aliphatic imine (C=N–C) groups is 1. The van der Waals surface area contributed by atoms with Gasteiger partial charge in [-0.05, 0) is 54.1 Å². The van der Waals surface area contributed by atoms with E-state index in [-0.39, 0.29) is 23.0 Å². The second-order valence-corrected chi connectivity index (χ2v) is 7.49. The fourth-order valence-corrected chi connectivity index (χ4v) is 3.75. The zero-order chi connectivity index (χ0) is 21.8. The van der Waals surface area contributed by atoms with Crippen molar-refractivity contribution in [2.75, 3.05) is 5.32 Å². The molecule has 0 unspecified atom stereocenters. The first kappa shape index (κ1) is 20.0. The number of nitrogens with zero attached hydrogens (tertiary/aromatic N) is 3. The molecule has 0 saturated heterocycles. The summed E-state index contributed by atoms with van der Waals surface area (Å²) < 4.78 is 0. The number of nitriles is 1. The molecule has 0 saturated carbocycles. The summed E-state index contributed by atoms with van der Waals surface area (Å²) in [5.41, 5.74) is 3.16. The van der Waals surface area contributed by atoms with Crippen molar-refractivity contribution in [2.24, 2.45) is 4.99 Å². The minimum Gasteiger partial charge on any atom is -0.507 e. The first-order valence-electron chi connectivity index (χ1n) is 9.26. The maximum Gasteiger partial charge on any atom is 0.266 e. The highest BCUT2D eigenvalue weighted by Crippen LogP contribution is 2.36. The predicted molar refractivity (Wildman–Crippen MR) is 123 cm³/mol. The number of benzene rings is 2. The number of anilines is 1. The summed E-state index contributed by atoms with van der Waals surface area (Å²) in [6.07, 6.45) is 0. The third-order valence-corrected chi connectivity index (χ3v) is 5.52. The van der Waals surface area contributed by atoms with Gasteiger partial charge in [-0.2, -0.15) is 5.26 Å². The Morgan fingerprint density at radius 1 is 1.10 bits per heavy atom. The Morgan fingerprint density at radius 2 is 1.87 bits per heavy atom. The molecule has 0 aliphatic heterocycles. The van der Waals surface area contributed by atoms with Crippen LogP contribution >= 0.6 is 11.3 Å². The standard InChI is InChI=1S/C24H16N4O2S/c1-26-16-10-8-15(9-11-16)18-13-20(17-5-2-3-6-21(17)29)27-23(19(18)14-25)28-24(30)22-7-4-12-31-22/h2-13,29H,1H2,(H,27,28,30). The van der Waals surface area contributed by atoms with Gasteiger partial charge in [0, 0.05) is 11.1 Å². The summed E-state index contributed by atoms with van der Waals surface area (Å²) in [6.45, 7) is 3.52. The van der Waals surface area contributed by atoms with Gasteiger partial charge >= 0.3 is 0 Å². The van der Waals surface area contributed by atoms with E-state index < -0.39 is 0 Å². The average molecular weight is 424 g/mol. The SMILES string of the molecule is C=Nc1ccc(-c2cc(-c3ccccc3O)nc(NC(=O)c3cccs3)c2C#N)cc1. The fourth-order valence-electron chi connectivity index (χ4n) is 3.13. The second kappa shape index (κ2) is 8.61. The molecule has 0 radical (unpaired) electrons. The lowest BCUT2D eigenvalue weighted by Gasteiger charge is -2.14. The van der Waals surface area contributed by atoms with E-state index in [0.717, 1.165) is 5.56 Å². The molecule has 4 aromatic rings. The average Bonchev–Trinajstić information content (AvgIpc) is 3.34. The van der Waals surface area contributed by atoms with Crippen LogP contribution in [0.25, 0.3) is 22.4 Å². The summed E-state index contributed by atoms with van der Waals surface area (Å²) in [7, 11) is 0. The van der Waals surface area contributed by atoms with Gasteiger partial charge in [-0.15, -0.1) is 11.3 Å². The van der Waals surface area contributed by atoms with Crippen molar-refractivity contribution in [2.45, 2.75) is 0 Å². The lowest BCUT2D eigenvalue weighted by Crippen LogP contribution is -2.13. The molecular weight excluding hydrogens is 408 g/mol. The van der Waals surface area contributed by atoms with Gasteiger partial charge in [0.05, 0.1) is 16.3 Å². The normalized spacial score (nSPS) is 10.3. The zero-order valence-electron chi connectivity index (χ0n) is 16.2. The molecule has 6 nitrogen and oxygen atoms in total. The van der Waals surface area contributed by atoms with Gasteiger partial charge in [0.1, 0.15) is 17.4 Å². The molecule has 2 aromatic carbocycles. The predicted octanol–water partition coefficient (Wildman–Crippen LogP) is 5.64. The topological polar surface area (TPSA) is 98.4 Å². The first-order valence-corrected chi connectivity index (χ1v) is 10.1. The Labute approximate surface area is 182 Å². The largest absolute Gasteiger partial charge is 0.507 e. The number of pyridine rings is 1. The second-order valence-electron chi connectivity index (χ2n) is 6.54. The maximum absolute atomic E-state index is 12.7. The van der Waals surface area contributed by atoms with Gasteiger partial charge in [0.2, 0.25) is 0 Å². The third kappa shape index (κ3) is 4.06. The number of amides is 1. The van der Waals surface area contributed by atoms with Crippen LogP contribution < -0.4 is 5.32 Å². The van der Waals surface area contributed by atoms with Crippen LogP contribution in [0.3, 0.4) is 0 Å². The number of aromatic hydroxyl groups is 1. The molecule has 0 bridgehead atoms. The van der Waals surface area contributed by atoms with Crippen molar-refractivity contribution in [1.82, 2.24) is 4.98 Å². The van der Waals surface area contributed by atoms with Crippen molar-refractivity contribution >= 4 is 35.5 Å². The van der Waals surface area contributed by atoms with Gasteiger partial charge in [0.15, 0.2) is 5.82 Å². The number of para-hydroxylation sites is 1. The molecular formula is C24H16N4O2S. The highest BCUT2D eigenvalue weighted by molar-refractivity contribution is 7.12. The Hall–Kier alpha value is -4.28. The summed E-state index contributed by atoms with van der Waals surface area (Å²) in [5, 5.41) is 24.8. The minimum atomic E-state index is -0.356. The summed E-state index contributed by atoms with van der Waals surface area (Å²) in [6, 6.07) is 21.3. The van der Waals surface area contributed by atoms with Crippen LogP contribution in [0, 0.1) is 11.3 Å². The van der Waals surface area contributed by atoms with E-state index in [1.807, 2.05) is 12.1 Å². The summed E-state index contributed by atoms with van der Waals surface area (Å²) in [4.78, 5) is 21.6. The monoisotopic (exact) mass is 424 g/mol. The minimum absolute atomic E-state index is 0.0485. The summed E-state index contributed by atoms with van der Waals surface area (Å²) >= 11 is 1.29. The number of aromatic nitrogens is 1. The van der Waals surface area contributed by atoms with Crippen LogP contribution in [0.15, 0.2) is 77.1 Å². The Kier molecular flexibility index (Phi) is 5.56. The number of hydrogen-bond acceptors (Lipinski definition) is 6. The molecule has 2 heterocycles. The molecule has 31 heavy (non-hydrogen) atoms. The molecule has 7 heteroatoms. The molecule has 0 aliphatic carbocycles. The van der Waals surface area contributed by atoms with Crippen molar-refractivity contribution in [3.05, 3.63) is 82.6 Å². The molecule has 0 atom stereocenters. The van der Waals surface area contributed by atoms with E-state index in [9.17, 15) is 15.2 Å². The van der Waals surface area contributed by atoms with E-state index in [1.165, 1.54) is 11.3 Å². The van der Waals surface area contributed by atoms with Crippen LogP contribution in [-0.2, 0) is 0 Å². The number of hydrogen-bond donors (Lipinski definition) is 2. The molecule has 0 aliphatic rings. The van der Waals surface area contributed by atoms with E-state index in [2.05, 4.69) is 28.1 Å². The van der Waals surface area contributed by atoms with Crippen LogP contribution in [0.2, 0.25) is 0 Å². The number of nitrogens with one attached hydrogen (secondary N) is 1. The molecule has 1 amide bonds. The Balaban J connectivity index is 1.91. The zero-order valence-corrected chi connectivity index (χ0v) is 17.1. The first-order chi connectivity index (χ1) is 15.1. The van der Waals surface area contributed by atoms with Gasteiger partial charge in [-0.25, -0.2) is 4.98 Å². The maximum atomic E-state index is 12.7. The van der Waals surface area contributed by atoms with Gasteiger partial charge in [-0.3, -0.25) is 9.79 Å². The molecule has 4 rings (SSSR count). The van der Waals surface area contributed by atoms with Crippen molar-refractivity contribution < 1.29 is 9.90 Å².